The second-order valence-corrected chi connectivity index (χ2v) is 9.35. The maximum Gasteiger partial charge on any atom is 0.263 e. The minimum atomic E-state index is -3.79. The standard InChI is InChI=1S/C25H27N3O6S/c1-18(25(29)27-26-17-19-16-23(32-2)14-15-24(19)33-3)28(35(4,30)31)20-10-12-22(13-11-20)34-21-8-6-5-7-9-21/h5-18H,1-4H3,(H,27,29)/b26-17-/t18-/m0/s1. The number of rotatable bonds is 10. The van der Waals surface area contributed by atoms with Gasteiger partial charge in [0.2, 0.25) is 10.0 Å². The van der Waals surface area contributed by atoms with Gasteiger partial charge in [0.05, 0.1) is 32.4 Å². The number of hydrazone groups is 1. The van der Waals surface area contributed by atoms with E-state index in [0.29, 0.717) is 34.2 Å². The number of ether oxygens (including phenoxy) is 3. The smallest absolute Gasteiger partial charge is 0.263 e. The van der Waals surface area contributed by atoms with E-state index in [2.05, 4.69) is 10.5 Å². The fourth-order valence-electron chi connectivity index (χ4n) is 3.29. The number of amides is 1. The Balaban J connectivity index is 1.75. The highest BCUT2D eigenvalue weighted by Crippen LogP contribution is 2.27. The molecule has 0 aromatic heterocycles. The van der Waals surface area contributed by atoms with Crippen molar-refractivity contribution in [2.45, 2.75) is 13.0 Å². The van der Waals surface area contributed by atoms with Crippen molar-refractivity contribution in [3.63, 3.8) is 0 Å². The lowest BCUT2D eigenvalue weighted by molar-refractivity contribution is -0.121. The minimum absolute atomic E-state index is 0.314. The van der Waals surface area contributed by atoms with Crippen LogP contribution < -0.4 is 23.9 Å². The fraction of sp³-hybridized carbons (Fsp3) is 0.200. The lowest BCUT2D eigenvalue weighted by Gasteiger charge is -2.27. The van der Waals surface area contributed by atoms with Crippen molar-refractivity contribution in [2.75, 3.05) is 24.8 Å². The summed E-state index contributed by atoms with van der Waals surface area (Å²) in [4.78, 5) is 12.8. The molecule has 184 valence electrons. The summed E-state index contributed by atoms with van der Waals surface area (Å²) in [6.45, 7) is 1.48. The van der Waals surface area contributed by atoms with E-state index >= 15 is 0 Å². The molecule has 9 nitrogen and oxygen atoms in total. The summed E-state index contributed by atoms with van der Waals surface area (Å²) >= 11 is 0. The first-order chi connectivity index (χ1) is 16.7. The van der Waals surface area contributed by atoms with Crippen LogP contribution >= 0.6 is 0 Å². The first-order valence-electron chi connectivity index (χ1n) is 10.6. The summed E-state index contributed by atoms with van der Waals surface area (Å²) in [5, 5.41) is 3.96. The molecule has 0 fully saturated rings. The molecule has 3 rings (SSSR count). The summed E-state index contributed by atoms with van der Waals surface area (Å²) in [5.41, 5.74) is 3.28. The molecule has 0 aliphatic heterocycles. The average molecular weight is 498 g/mol. The molecular weight excluding hydrogens is 470 g/mol. The first-order valence-corrected chi connectivity index (χ1v) is 12.4. The molecule has 0 aliphatic rings. The van der Waals surface area contributed by atoms with Gasteiger partial charge >= 0.3 is 0 Å². The first kappa shape index (κ1) is 25.6. The van der Waals surface area contributed by atoms with E-state index in [1.54, 1.807) is 42.5 Å². The molecule has 0 aliphatic carbocycles. The van der Waals surface area contributed by atoms with Gasteiger partial charge in [0.25, 0.3) is 5.91 Å². The Bertz CT molecular complexity index is 1280. The number of sulfonamides is 1. The van der Waals surface area contributed by atoms with E-state index in [1.165, 1.54) is 27.4 Å². The number of nitrogens with zero attached hydrogens (tertiary/aromatic N) is 2. The van der Waals surface area contributed by atoms with Gasteiger partial charge in [0, 0.05) is 5.56 Å². The fourth-order valence-corrected chi connectivity index (χ4v) is 4.47. The van der Waals surface area contributed by atoms with Crippen molar-refractivity contribution in [3.8, 4) is 23.0 Å². The van der Waals surface area contributed by atoms with Crippen LogP contribution in [0.3, 0.4) is 0 Å². The normalized spacial score (nSPS) is 12.1. The zero-order chi connectivity index (χ0) is 25.4. The predicted octanol–water partition coefficient (Wildman–Crippen LogP) is 3.80. The van der Waals surface area contributed by atoms with Crippen LogP contribution in [0.5, 0.6) is 23.0 Å². The van der Waals surface area contributed by atoms with Crippen LogP contribution in [0, 0.1) is 0 Å². The van der Waals surface area contributed by atoms with Crippen molar-refractivity contribution in [2.24, 2.45) is 5.10 Å². The van der Waals surface area contributed by atoms with E-state index in [9.17, 15) is 13.2 Å². The van der Waals surface area contributed by atoms with E-state index < -0.39 is 22.0 Å². The van der Waals surface area contributed by atoms with Crippen molar-refractivity contribution in [1.82, 2.24) is 5.43 Å². The molecule has 0 saturated carbocycles. The second-order valence-electron chi connectivity index (χ2n) is 7.49. The van der Waals surface area contributed by atoms with E-state index in [4.69, 9.17) is 14.2 Å². The van der Waals surface area contributed by atoms with Gasteiger partial charge in [-0.25, -0.2) is 13.8 Å². The summed E-state index contributed by atoms with van der Waals surface area (Å²) in [5.74, 6) is 1.70. The number of anilines is 1. The van der Waals surface area contributed by atoms with Crippen LogP contribution in [0.25, 0.3) is 0 Å². The summed E-state index contributed by atoms with van der Waals surface area (Å²) in [6, 6.07) is 19.7. The summed E-state index contributed by atoms with van der Waals surface area (Å²) in [6.07, 6.45) is 2.43. The number of carbonyl (C=O) groups excluding carboxylic acids is 1. The SMILES string of the molecule is COc1ccc(OC)c(/C=N\NC(=O)[C@H](C)N(c2ccc(Oc3ccccc3)cc2)S(C)(=O)=O)c1. The second kappa shape index (κ2) is 11.4. The molecule has 3 aromatic rings. The number of hydrogen-bond donors (Lipinski definition) is 1. The number of carbonyl (C=O) groups is 1. The molecule has 0 spiro atoms. The Labute approximate surface area is 205 Å². The molecular formula is C25H27N3O6S. The Morgan fingerprint density at radius 3 is 2.17 bits per heavy atom. The van der Waals surface area contributed by atoms with E-state index in [-0.39, 0.29) is 0 Å². The Morgan fingerprint density at radius 1 is 0.943 bits per heavy atom. The lowest BCUT2D eigenvalue weighted by atomic mass is 10.2. The van der Waals surface area contributed by atoms with Gasteiger partial charge < -0.3 is 14.2 Å². The van der Waals surface area contributed by atoms with Gasteiger partial charge in [-0.15, -0.1) is 0 Å². The monoisotopic (exact) mass is 497 g/mol. The Hall–Kier alpha value is -4.05. The summed E-state index contributed by atoms with van der Waals surface area (Å²) in [7, 11) is -0.740. The van der Waals surface area contributed by atoms with Gasteiger partial charge in [-0.2, -0.15) is 5.10 Å². The van der Waals surface area contributed by atoms with Crippen LogP contribution in [0.1, 0.15) is 12.5 Å². The molecule has 1 N–H and O–H groups in total. The maximum atomic E-state index is 12.8. The number of nitrogens with one attached hydrogen (secondary N) is 1. The predicted molar refractivity (Wildman–Crippen MR) is 135 cm³/mol. The summed E-state index contributed by atoms with van der Waals surface area (Å²) < 4.78 is 42.3. The molecule has 0 saturated heterocycles. The molecule has 0 radical (unpaired) electrons. The van der Waals surface area contributed by atoms with Crippen LogP contribution in [0.4, 0.5) is 5.69 Å². The zero-order valence-electron chi connectivity index (χ0n) is 19.8. The molecule has 0 heterocycles. The molecule has 10 heteroatoms. The number of para-hydroxylation sites is 1. The number of methoxy groups -OCH3 is 2. The van der Waals surface area contributed by atoms with Gasteiger partial charge in [-0.05, 0) is 61.5 Å². The topological polar surface area (TPSA) is 107 Å². The van der Waals surface area contributed by atoms with Gasteiger partial charge in [-0.3, -0.25) is 9.10 Å². The highest BCUT2D eigenvalue weighted by Gasteiger charge is 2.29. The Kier molecular flexibility index (Phi) is 8.32. The van der Waals surface area contributed by atoms with Crippen molar-refractivity contribution in [3.05, 3.63) is 78.4 Å². The van der Waals surface area contributed by atoms with Crippen molar-refractivity contribution >= 4 is 27.8 Å². The molecule has 1 atom stereocenters. The van der Waals surface area contributed by atoms with Gasteiger partial charge in [0.1, 0.15) is 29.0 Å². The van der Waals surface area contributed by atoms with E-state index in [0.717, 1.165) is 10.6 Å². The van der Waals surface area contributed by atoms with Gasteiger partial charge in [0.15, 0.2) is 0 Å². The minimum Gasteiger partial charge on any atom is -0.497 e. The zero-order valence-corrected chi connectivity index (χ0v) is 20.7. The molecule has 35 heavy (non-hydrogen) atoms. The van der Waals surface area contributed by atoms with Crippen LogP contribution in [0.15, 0.2) is 77.9 Å². The maximum absolute atomic E-state index is 12.8. The molecule has 0 bridgehead atoms. The molecule has 3 aromatic carbocycles. The number of benzene rings is 3. The highest BCUT2D eigenvalue weighted by atomic mass is 32.2. The van der Waals surface area contributed by atoms with E-state index in [1.807, 2.05) is 30.3 Å². The van der Waals surface area contributed by atoms with Crippen LogP contribution in [0.2, 0.25) is 0 Å². The molecule has 1 amide bonds. The van der Waals surface area contributed by atoms with Crippen molar-refractivity contribution in [1.29, 1.82) is 0 Å². The third kappa shape index (κ3) is 6.73. The largest absolute Gasteiger partial charge is 0.497 e. The quantitative estimate of drug-likeness (QED) is 0.337. The van der Waals surface area contributed by atoms with Crippen LogP contribution in [-0.4, -0.2) is 47.1 Å². The average Bonchev–Trinajstić information content (AvgIpc) is 2.84. The number of hydrogen-bond acceptors (Lipinski definition) is 7. The Morgan fingerprint density at radius 2 is 1.57 bits per heavy atom. The lowest BCUT2D eigenvalue weighted by Crippen LogP contribution is -2.46. The molecule has 0 unspecified atom stereocenters. The third-order valence-electron chi connectivity index (χ3n) is 4.97. The third-order valence-corrected chi connectivity index (χ3v) is 6.22. The van der Waals surface area contributed by atoms with Crippen LogP contribution in [-0.2, 0) is 14.8 Å². The van der Waals surface area contributed by atoms with Crippen molar-refractivity contribution < 1.29 is 27.4 Å². The highest BCUT2D eigenvalue weighted by molar-refractivity contribution is 7.92. The van der Waals surface area contributed by atoms with Gasteiger partial charge in [-0.1, -0.05) is 18.2 Å².